The second-order valence-corrected chi connectivity index (χ2v) is 34.0. The van der Waals surface area contributed by atoms with Crippen molar-refractivity contribution in [3.63, 3.8) is 0 Å². The van der Waals surface area contributed by atoms with E-state index < -0.39 is 47.1 Å². The Bertz CT molecular complexity index is 1140. The van der Waals surface area contributed by atoms with Crippen LogP contribution >= 0.6 is 7.82 Å². The summed E-state index contributed by atoms with van der Waals surface area (Å²) in [6.45, 7) is 24.9. The number of fused-ring (bicyclic) bond motifs is 1. The Morgan fingerprint density at radius 2 is 1.55 bits per heavy atom. The highest BCUT2D eigenvalue weighted by atomic mass is 31.2. The molecule has 1 aliphatic rings. The van der Waals surface area contributed by atoms with Gasteiger partial charge in [0.15, 0.2) is 30.6 Å². The van der Waals surface area contributed by atoms with Crippen LogP contribution in [0, 0.1) is 0 Å². The minimum absolute atomic E-state index is 0.0297. The van der Waals surface area contributed by atoms with E-state index in [1.165, 1.54) is 0 Å². The highest BCUT2D eigenvalue weighted by molar-refractivity contribution is 7.52. The smallest absolute Gasteiger partial charge is 0.412 e. The summed E-state index contributed by atoms with van der Waals surface area (Å²) in [4.78, 5) is 17.1. The molecule has 0 radical (unpaired) electrons. The summed E-state index contributed by atoms with van der Waals surface area (Å²) >= 11 is 0. The van der Waals surface area contributed by atoms with E-state index in [9.17, 15) is 4.57 Å². The number of nitrogens with zero attached hydrogens (tertiary/aromatic N) is 4. The summed E-state index contributed by atoms with van der Waals surface area (Å²) in [5.74, 6) is 0.730. The summed E-state index contributed by atoms with van der Waals surface area (Å²) in [6.07, 6.45) is 2.78. The number of nitrogens with one attached hydrogen (secondary N) is 1. The monoisotopic (exact) mass is 619 g/mol. The molecule has 3 atom stereocenters. The van der Waals surface area contributed by atoms with Crippen LogP contribution in [0.5, 0.6) is 0 Å². The molecule has 1 saturated heterocycles. The van der Waals surface area contributed by atoms with E-state index >= 15 is 0 Å². The van der Waals surface area contributed by atoms with Crippen molar-refractivity contribution in [2.24, 2.45) is 0 Å². The predicted octanol–water partition coefficient (Wildman–Crippen LogP) is 6.41. The summed E-state index contributed by atoms with van der Waals surface area (Å²) < 4.78 is 46.5. The van der Waals surface area contributed by atoms with Crippen molar-refractivity contribution in [3.8, 4) is 0 Å². The predicted molar refractivity (Wildman–Crippen MR) is 161 cm³/mol. The first-order valence-corrected chi connectivity index (χ1v) is 28.3. The number of phosphoric acid groups is 1. The molecule has 38 heavy (non-hydrogen) atoms. The Morgan fingerprint density at radius 1 is 0.947 bits per heavy atom. The molecule has 16 heteroatoms. The van der Waals surface area contributed by atoms with E-state index in [1.807, 2.05) is 43.8 Å². The molecule has 3 rings (SSSR count). The van der Waals surface area contributed by atoms with Gasteiger partial charge in [-0.25, -0.2) is 19.5 Å². The van der Waals surface area contributed by atoms with Gasteiger partial charge in [0, 0.05) is 6.42 Å². The molecule has 3 unspecified atom stereocenters. The van der Waals surface area contributed by atoms with Crippen LogP contribution in [0.3, 0.4) is 0 Å². The van der Waals surface area contributed by atoms with Gasteiger partial charge in [-0.3, -0.25) is 9.09 Å². The number of hydrogen-bond acceptors (Lipinski definition) is 10. The number of ether oxygens (including phenoxy) is 1. The van der Waals surface area contributed by atoms with E-state index in [1.54, 1.807) is 12.7 Å². The largest absolute Gasteiger partial charge is 0.455 e. The van der Waals surface area contributed by atoms with Crippen LogP contribution in [0.1, 0.15) is 12.6 Å². The molecule has 0 aliphatic carbocycles. The number of aromatic nitrogens is 4. The number of imidazole rings is 1. The van der Waals surface area contributed by atoms with Crippen LogP contribution in [0.25, 0.3) is 11.2 Å². The molecule has 3 heterocycles. The fourth-order valence-electron chi connectivity index (χ4n) is 4.02. The standard InChI is InChI=1S/C22H46N5O6PSi4/c1-35(2,3)26-21-20-22(24-15-23-21)27(16-25-20)19-13-17(31-36(4,5)6)18(30-19)14-29-34(28,32-37(7,8)9)33-38(10,11)12/h15-19H,13-14H2,1-12H3,(H,23,24,26). The van der Waals surface area contributed by atoms with Crippen molar-refractivity contribution in [1.82, 2.24) is 19.5 Å². The highest BCUT2D eigenvalue weighted by Gasteiger charge is 2.44. The first-order chi connectivity index (χ1) is 17.1. The van der Waals surface area contributed by atoms with Crippen molar-refractivity contribution in [2.45, 2.75) is 103 Å². The van der Waals surface area contributed by atoms with Crippen molar-refractivity contribution in [1.29, 1.82) is 0 Å². The molecule has 0 bridgehead atoms. The van der Waals surface area contributed by atoms with Crippen LogP contribution in [0.15, 0.2) is 12.7 Å². The third-order valence-corrected chi connectivity index (χ3v) is 13.6. The van der Waals surface area contributed by atoms with E-state index in [0.717, 1.165) is 5.82 Å². The van der Waals surface area contributed by atoms with Crippen LogP contribution in [-0.2, 0) is 26.7 Å². The van der Waals surface area contributed by atoms with Crippen molar-refractivity contribution in [3.05, 3.63) is 12.7 Å². The Hall–Kier alpha value is -0.752. The summed E-state index contributed by atoms with van der Waals surface area (Å²) in [5.41, 5.74) is 1.39. The molecule has 0 spiro atoms. The van der Waals surface area contributed by atoms with Gasteiger partial charge in [-0.15, -0.1) is 0 Å². The Balaban J connectivity index is 1.87. The molecule has 216 valence electrons. The maximum atomic E-state index is 13.7. The normalized spacial score (nSPS) is 21.8. The lowest BCUT2D eigenvalue weighted by Gasteiger charge is -2.31. The third-order valence-electron chi connectivity index (χ3n) is 5.02. The Labute approximate surface area is 231 Å². The minimum Gasteiger partial charge on any atom is -0.412 e. The lowest BCUT2D eigenvalue weighted by atomic mass is 10.2. The van der Waals surface area contributed by atoms with Crippen molar-refractivity contribution < 1.29 is 26.7 Å². The van der Waals surface area contributed by atoms with Gasteiger partial charge in [0.1, 0.15) is 38.2 Å². The second-order valence-electron chi connectivity index (χ2n) is 13.7. The van der Waals surface area contributed by atoms with Crippen LogP contribution in [-0.4, -0.2) is 71.5 Å². The van der Waals surface area contributed by atoms with Gasteiger partial charge in [-0.05, 0) is 58.9 Å². The SMILES string of the molecule is C[Si](C)(C)Nc1ncnc2c1ncn2C1CC(O[Si](C)(C)C)C(COP(=O)(O[Si](C)(C)C)O[Si](C)(C)C)O1. The third kappa shape index (κ3) is 9.42. The number of hydrogen-bond donors (Lipinski definition) is 1. The van der Waals surface area contributed by atoms with Crippen LogP contribution in [0.2, 0.25) is 78.6 Å². The van der Waals surface area contributed by atoms with Crippen LogP contribution < -0.4 is 4.98 Å². The number of rotatable bonds is 12. The summed E-state index contributed by atoms with van der Waals surface area (Å²) in [7, 11) is -11.8. The molecule has 0 aromatic carbocycles. The molecule has 1 N–H and O–H groups in total. The first kappa shape index (κ1) is 31.8. The topological polar surface area (TPSA) is 119 Å². The minimum atomic E-state index is -3.78. The quantitative estimate of drug-likeness (QED) is 0.211. The highest BCUT2D eigenvalue weighted by Crippen LogP contribution is 2.54. The maximum absolute atomic E-state index is 13.7. The van der Waals surface area contributed by atoms with E-state index in [4.69, 9.17) is 22.1 Å². The average Bonchev–Trinajstić information content (AvgIpc) is 3.25. The summed E-state index contributed by atoms with van der Waals surface area (Å²) in [5, 5.41) is 0. The van der Waals surface area contributed by atoms with Gasteiger partial charge >= 0.3 is 7.82 Å². The molecule has 2 aromatic rings. The molecule has 1 fully saturated rings. The average molecular weight is 620 g/mol. The lowest BCUT2D eigenvalue weighted by Crippen LogP contribution is -2.38. The van der Waals surface area contributed by atoms with Gasteiger partial charge in [-0.2, -0.15) is 0 Å². The summed E-state index contributed by atoms with van der Waals surface area (Å²) in [6, 6.07) is 0. The molecule has 0 amide bonds. The molecular formula is C22H46N5O6PSi4. The van der Waals surface area contributed by atoms with Gasteiger partial charge in [0.05, 0.1) is 19.0 Å². The molecule has 1 aliphatic heterocycles. The fourth-order valence-corrected chi connectivity index (χ4v) is 12.7. The van der Waals surface area contributed by atoms with E-state index in [-0.39, 0.29) is 18.9 Å². The van der Waals surface area contributed by atoms with Gasteiger partial charge in [0.25, 0.3) is 0 Å². The van der Waals surface area contributed by atoms with Gasteiger partial charge in [0.2, 0.25) is 0 Å². The van der Waals surface area contributed by atoms with Gasteiger partial charge in [-0.1, -0.05) is 19.6 Å². The maximum Gasteiger partial charge on any atom is 0.455 e. The first-order valence-electron chi connectivity index (χ1n) is 13.1. The molecule has 0 saturated carbocycles. The Kier molecular flexibility index (Phi) is 9.41. The van der Waals surface area contributed by atoms with Gasteiger partial charge < -0.3 is 22.6 Å². The fraction of sp³-hybridized carbons (Fsp3) is 0.773. The molecule has 11 nitrogen and oxygen atoms in total. The van der Waals surface area contributed by atoms with Crippen molar-refractivity contribution in [2.75, 3.05) is 11.6 Å². The van der Waals surface area contributed by atoms with E-state index in [2.05, 4.69) is 59.2 Å². The van der Waals surface area contributed by atoms with Crippen LogP contribution in [0.4, 0.5) is 5.82 Å². The van der Waals surface area contributed by atoms with E-state index in [0.29, 0.717) is 17.6 Å². The molecule has 2 aromatic heterocycles. The Morgan fingerprint density at radius 3 is 2.08 bits per heavy atom. The zero-order chi connectivity index (χ0) is 28.7. The molecular weight excluding hydrogens is 574 g/mol. The second kappa shape index (κ2) is 11.3. The lowest BCUT2D eigenvalue weighted by molar-refractivity contribution is -0.0390. The number of anilines is 1. The zero-order valence-corrected chi connectivity index (χ0v) is 29.9. The van der Waals surface area contributed by atoms with Crippen molar-refractivity contribution >= 4 is 58.0 Å². The zero-order valence-electron chi connectivity index (χ0n) is 25.0.